The second-order valence-corrected chi connectivity index (χ2v) is 5.24. The van der Waals surface area contributed by atoms with Crippen molar-refractivity contribution in [2.24, 2.45) is 0 Å². The fourth-order valence-electron chi connectivity index (χ4n) is 1.57. The molecule has 0 unspecified atom stereocenters. The fraction of sp³-hybridized carbons (Fsp3) is 0.438. The molecule has 0 atom stereocenters. The van der Waals surface area contributed by atoms with Gasteiger partial charge < -0.3 is 14.2 Å². The van der Waals surface area contributed by atoms with Crippen LogP contribution in [0.25, 0.3) is 0 Å². The van der Waals surface area contributed by atoms with Gasteiger partial charge in [-0.3, -0.25) is 10.7 Å². The van der Waals surface area contributed by atoms with E-state index < -0.39 is 37.0 Å². The molecule has 0 amide bonds. The standard InChI is InChI=1S/C16H15F6O5.Rb/c1-3-9(2)13(24)26-11-6-4-10(5-7-11)25-8-12(23)27-14(15(17,18)19)16(20,21)22;/h4-7,14H,3,8H2,1-2H3;/q-1;+1. The first-order valence-corrected chi connectivity index (χ1v) is 7.45. The maximum atomic E-state index is 12.3. The summed E-state index contributed by atoms with van der Waals surface area (Å²) in [5.41, 5.74) is 0. The molecule has 0 aliphatic rings. The molecule has 1 aromatic carbocycles. The minimum Gasteiger partial charge on any atom is -0.482 e. The van der Waals surface area contributed by atoms with Crippen molar-refractivity contribution in [2.75, 3.05) is 6.61 Å². The molecule has 0 heterocycles. The van der Waals surface area contributed by atoms with Gasteiger partial charge in [0.25, 0.3) is 6.10 Å². The van der Waals surface area contributed by atoms with Crippen molar-refractivity contribution >= 4 is 11.9 Å². The van der Waals surface area contributed by atoms with Gasteiger partial charge in [0.15, 0.2) is 12.6 Å². The number of alkyl halides is 6. The average molecular weight is 487 g/mol. The van der Waals surface area contributed by atoms with E-state index in [1.165, 1.54) is 24.3 Å². The molecule has 0 N–H and O–H groups in total. The van der Waals surface area contributed by atoms with Crippen molar-refractivity contribution in [2.45, 2.75) is 38.7 Å². The fourth-order valence-corrected chi connectivity index (χ4v) is 1.57. The summed E-state index contributed by atoms with van der Waals surface area (Å²) in [6.07, 6.45) is -15.3. The van der Waals surface area contributed by atoms with Gasteiger partial charge in [-0.25, -0.2) is 4.79 Å². The first kappa shape index (κ1) is 27.2. The van der Waals surface area contributed by atoms with Gasteiger partial charge in [0, 0.05) is 0 Å². The minimum absolute atomic E-state index is 0. The number of carbonyl (C=O) groups is 2. The molecule has 0 aliphatic carbocycles. The maximum absolute atomic E-state index is 12.3. The summed E-state index contributed by atoms with van der Waals surface area (Å²) in [6, 6.07) is 4.97. The van der Waals surface area contributed by atoms with E-state index in [1.807, 2.05) is 0 Å². The van der Waals surface area contributed by atoms with Crippen LogP contribution < -0.4 is 67.7 Å². The maximum Gasteiger partial charge on any atom is 1.00 e. The largest absolute Gasteiger partial charge is 1.00 e. The SMILES string of the molecule is CC[C-](C)C(=O)Oc1ccc(OCC(=O)OC(C(F)(F)F)C(F)(F)F)cc1.[Rb+]. The Morgan fingerprint density at radius 2 is 1.46 bits per heavy atom. The normalized spacial score (nSPS) is 11.5. The van der Waals surface area contributed by atoms with Crippen LogP contribution >= 0.6 is 0 Å². The molecular formula is C16H15F6O5Rb. The van der Waals surface area contributed by atoms with E-state index in [9.17, 15) is 35.9 Å². The van der Waals surface area contributed by atoms with E-state index in [1.54, 1.807) is 13.8 Å². The van der Waals surface area contributed by atoms with E-state index in [0.29, 0.717) is 12.3 Å². The molecule has 0 radical (unpaired) electrons. The molecule has 1 rings (SSSR count). The van der Waals surface area contributed by atoms with Gasteiger partial charge in [-0.05, 0) is 24.3 Å². The van der Waals surface area contributed by atoms with E-state index in [2.05, 4.69) is 4.74 Å². The van der Waals surface area contributed by atoms with Gasteiger partial charge in [0.1, 0.15) is 11.5 Å². The Kier molecular flexibility index (Phi) is 11.1. The van der Waals surface area contributed by atoms with Gasteiger partial charge in [-0.2, -0.15) is 39.7 Å². The zero-order valence-corrected chi connectivity index (χ0v) is 20.0. The van der Waals surface area contributed by atoms with Crippen LogP contribution in [-0.4, -0.2) is 37.0 Å². The van der Waals surface area contributed by atoms with Gasteiger partial charge >= 0.3 is 76.5 Å². The van der Waals surface area contributed by atoms with Crippen molar-refractivity contribution in [3.05, 3.63) is 30.2 Å². The number of rotatable bonds is 7. The van der Waals surface area contributed by atoms with Crippen molar-refractivity contribution in [1.29, 1.82) is 0 Å². The van der Waals surface area contributed by atoms with Crippen LogP contribution in [0.15, 0.2) is 24.3 Å². The van der Waals surface area contributed by atoms with Gasteiger partial charge in [0.2, 0.25) is 0 Å². The Labute approximate surface area is 205 Å². The average Bonchev–Trinajstić information content (AvgIpc) is 2.56. The number of esters is 2. The molecule has 12 heteroatoms. The molecule has 0 bridgehead atoms. The Morgan fingerprint density at radius 3 is 1.89 bits per heavy atom. The topological polar surface area (TPSA) is 61.8 Å². The summed E-state index contributed by atoms with van der Waals surface area (Å²) in [4.78, 5) is 22.8. The zero-order chi connectivity index (χ0) is 20.8. The second-order valence-electron chi connectivity index (χ2n) is 5.24. The van der Waals surface area contributed by atoms with Crippen LogP contribution in [0.5, 0.6) is 11.5 Å². The summed E-state index contributed by atoms with van der Waals surface area (Å²) in [5.74, 6) is -1.85. The van der Waals surface area contributed by atoms with Crippen LogP contribution in [0.1, 0.15) is 20.3 Å². The molecule has 0 saturated heterocycles. The number of hydrogen-bond donors (Lipinski definition) is 0. The number of hydrogen-bond acceptors (Lipinski definition) is 5. The molecule has 1 aromatic rings. The molecule has 0 aromatic heterocycles. The summed E-state index contributed by atoms with van der Waals surface area (Å²) in [6.45, 7) is 2.17. The predicted molar refractivity (Wildman–Crippen MR) is 78.8 cm³/mol. The molecule has 5 nitrogen and oxygen atoms in total. The van der Waals surface area contributed by atoms with E-state index >= 15 is 0 Å². The molecule has 28 heavy (non-hydrogen) atoms. The first-order chi connectivity index (χ1) is 12.3. The molecule has 0 saturated carbocycles. The number of ether oxygens (including phenoxy) is 3. The molecule has 0 aliphatic heterocycles. The van der Waals surface area contributed by atoms with Gasteiger partial charge in [-0.1, -0.05) is 6.92 Å². The predicted octanol–water partition coefficient (Wildman–Crippen LogP) is 1.02. The summed E-state index contributed by atoms with van der Waals surface area (Å²) in [5, 5.41) is 0. The van der Waals surface area contributed by atoms with Crippen LogP contribution in [0.2, 0.25) is 0 Å². The summed E-state index contributed by atoms with van der Waals surface area (Å²) < 4.78 is 86.9. The van der Waals surface area contributed by atoms with Gasteiger partial charge in [0.05, 0.1) is 0 Å². The monoisotopic (exact) mass is 486 g/mol. The Hall–Kier alpha value is -0.785. The number of carbonyl (C=O) groups excluding carboxylic acids is 2. The van der Waals surface area contributed by atoms with E-state index in [0.717, 1.165) is 0 Å². The molecular weight excluding hydrogens is 472 g/mol. The minimum atomic E-state index is -5.80. The quantitative estimate of drug-likeness (QED) is 0.249. The van der Waals surface area contributed by atoms with Crippen molar-refractivity contribution in [1.82, 2.24) is 0 Å². The third-order valence-electron chi connectivity index (χ3n) is 3.11. The van der Waals surface area contributed by atoms with Crippen LogP contribution in [0.4, 0.5) is 26.3 Å². The first-order valence-electron chi connectivity index (χ1n) is 7.45. The van der Waals surface area contributed by atoms with E-state index in [4.69, 9.17) is 9.47 Å². The smallest absolute Gasteiger partial charge is 0.482 e. The Bertz CT molecular complexity index is 630. The van der Waals surface area contributed by atoms with Crippen molar-refractivity contribution in [3.8, 4) is 11.5 Å². The van der Waals surface area contributed by atoms with Crippen LogP contribution in [0.3, 0.4) is 0 Å². The van der Waals surface area contributed by atoms with Gasteiger partial charge in [-0.15, -0.1) is 0 Å². The third-order valence-corrected chi connectivity index (χ3v) is 3.11. The van der Waals surface area contributed by atoms with Crippen molar-refractivity contribution in [3.63, 3.8) is 0 Å². The summed E-state index contributed by atoms with van der Waals surface area (Å²) >= 11 is 0. The van der Waals surface area contributed by atoms with Crippen LogP contribution in [-0.2, 0) is 14.3 Å². The Morgan fingerprint density at radius 1 is 1.00 bits per heavy atom. The second kappa shape index (κ2) is 11.4. The van der Waals surface area contributed by atoms with Crippen LogP contribution in [0, 0.1) is 5.92 Å². The molecule has 0 fully saturated rings. The number of halogens is 6. The van der Waals surface area contributed by atoms with E-state index in [-0.39, 0.29) is 69.7 Å². The molecule has 0 spiro atoms. The third kappa shape index (κ3) is 9.14. The van der Waals surface area contributed by atoms with Crippen molar-refractivity contribution < 1.29 is 108 Å². The number of benzene rings is 1. The Balaban J connectivity index is 0.00000729. The zero-order valence-electron chi connectivity index (χ0n) is 15.1. The molecule has 152 valence electrons. The summed E-state index contributed by atoms with van der Waals surface area (Å²) in [7, 11) is 0.